The molecule has 1 fully saturated rings. The molecule has 0 spiro atoms. The predicted molar refractivity (Wildman–Crippen MR) is 139 cm³/mol. The van der Waals surface area contributed by atoms with E-state index in [2.05, 4.69) is 10.2 Å². The fraction of sp³-hybridized carbons (Fsp3) is 0.241. The van der Waals surface area contributed by atoms with Gasteiger partial charge >= 0.3 is 5.63 Å². The number of carbonyl (C=O) groups excluding carboxylic acids is 1. The molecule has 0 atom stereocenters. The molecule has 1 saturated heterocycles. The maximum Gasteiger partial charge on any atom is 0.338 e. The minimum Gasteiger partial charge on any atom is -0.423 e. The Morgan fingerprint density at radius 2 is 1.43 bits per heavy atom. The zero-order valence-electron chi connectivity index (χ0n) is 19.6. The van der Waals surface area contributed by atoms with E-state index in [0.29, 0.717) is 25.2 Å². The molecule has 1 aliphatic rings. The molecular weight excluding hydrogens is 438 g/mol. The Morgan fingerprint density at radius 1 is 0.829 bits per heavy atom. The van der Waals surface area contributed by atoms with Crippen molar-refractivity contribution in [2.75, 3.05) is 44.6 Å². The molecule has 2 heterocycles. The summed E-state index contributed by atoms with van der Waals surface area (Å²) in [5, 5.41) is 4.29. The van der Waals surface area contributed by atoms with E-state index in [4.69, 9.17) is 4.42 Å². The van der Waals surface area contributed by atoms with Crippen LogP contribution in [0, 0.1) is 0 Å². The van der Waals surface area contributed by atoms with Crippen LogP contribution in [0.1, 0.15) is 17.0 Å². The van der Waals surface area contributed by atoms with Crippen molar-refractivity contribution < 1.29 is 9.21 Å². The number of rotatable bonds is 7. The van der Waals surface area contributed by atoms with Gasteiger partial charge in [0.25, 0.3) is 0 Å². The fourth-order valence-corrected chi connectivity index (χ4v) is 4.75. The van der Waals surface area contributed by atoms with Crippen LogP contribution < -0.4 is 10.9 Å². The Labute approximate surface area is 204 Å². The lowest BCUT2D eigenvalue weighted by Gasteiger charge is -2.36. The van der Waals surface area contributed by atoms with Gasteiger partial charge in [0.05, 0.1) is 11.6 Å². The summed E-state index contributed by atoms with van der Waals surface area (Å²) in [5.74, 6) is -0.133. The number of carbonyl (C=O) groups is 1. The molecule has 3 aromatic carbocycles. The Morgan fingerprint density at radius 3 is 2.09 bits per heavy atom. The molecule has 178 valence electrons. The Bertz CT molecular complexity index is 1290. The lowest BCUT2D eigenvalue weighted by Crippen LogP contribution is -2.50. The first-order chi connectivity index (χ1) is 17.2. The van der Waals surface area contributed by atoms with Gasteiger partial charge in [-0.25, -0.2) is 4.79 Å². The van der Waals surface area contributed by atoms with Crippen molar-refractivity contribution in [3.8, 4) is 0 Å². The second-order valence-corrected chi connectivity index (χ2v) is 8.82. The van der Waals surface area contributed by atoms with Crippen LogP contribution in [0.5, 0.6) is 0 Å². The first-order valence-electron chi connectivity index (χ1n) is 12.1. The third kappa shape index (κ3) is 5.28. The van der Waals surface area contributed by atoms with Crippen LogP contribution in [0.15, 0.2) is 100 Å². The largest absolute Gasteiger partial charge is 0.423 e. The summed E-state index contributed by atoms with van der Waals surface area (Å²) in [6, 6.07) is 29.1. The van der Waals surface area contributed by atoms with Gasteiger partial charge in [-0.2, -0.15) is 0 Å². The topological polar surface area (TPSA) is 65.8 Å². The van der Waals surface area contributed by atoms with Gasteiger partial charge in [-0.1, -0.05) is 72.8 Å². The number of fused-ring (bicyclic) bond motifs is 1. The Hall–Kier alpha value is -3.90. The van der Waals surface area contributed by atoms with Crippen LogP contribution in [0.3, 0.4) is 0 Å². The van der Waals surface area contributed by atoms with Crippen LogP contribution >= 0.6 is 0 Å². The summed E-state index contributed by atoms with van der Waals surface area (Å²) in [5.41, 5.74) is 3.06. The van der Waals surface area contributed by atoms with Crippen molar-refractivity contribution in [2.45, 2.75) is 5.92 Å². The molecule has 0 aliphatic carbocycles. The number of anilines is 1. The van der Waals surface area contributed by atoms with Gasteiger partial charge in [0.2, 0.25) is 5.91 Å². The van der Waals surface area contributed by atoms with Crippen molar-refractivity contribution in [3.05, 3.63) is 113 Å². The highest BCUT2D eigenvalue weighted by Crippen LogP contribution is 2.27. The predicted octanol–water partition coefficient (Wildman–Crippen LogP) is 4.18. The average molecular weight is 468 g/mol. The summed E-state index contributed by atoms with van der Waals surface area (Å²) < 4.78 is 5.27. The average Bonchev–Trinajstić information content (AvgIpc) is 2.90. The van der Waals surface area contributed by atoms with Crippen molar-refractivity contribution in [3.63, 3.8) is 0 Å². The number of hydrogen-bond acceptors (Lipinski definition) is 5. The number of benzene rings is 3. The molecule has 1 aliphatic heterocycles. The van der Waals surface area contributed by atoms with Crippen LogP contribution in [0.2, 0.25) is 0 Å². The van der Waals surface area contributed by atoms with E-state index in [0.717, 1.165) is 41.8 Å². The van der Waals surface area contributed by atoms with E-state index in [-0.39, 0.29) is 17.5 Å². The van der Waals surface area contributed by atoms with Gasteiger partial charge < -0.3 is 14.6 Å². The molecule has 0 saturated carbocycles. The second-order valence-electron chi connectivity index (χ2n) is 8.82. The first-order valence-corrected chi connectivity index (χ1v) is 12.1. The number of amides is 1. The van der Waals surface area contributed by atoms with Gasteiger partial charge in [0.1, 0.15) is 5.58 Å². The summed E-state index contributed by atoms with van der Waals surface area (Å²) in [6.45, 7) is 4.58. The zero-order chi connectivity index (χ0) is 24.0. The van der Waals surface area contributed by atoms with Crippen LogP contribution in [-0.2, 0) is 4.79 Å². The molecule has 6 heteroatoms. The third-order valence-corrected chi connectivity index (χ3v) is 6.59. The van der Waals surface area contributed by atoms with Gasteiger partial charge in [-0.3, -0.25) is 9.69 Å². The molecule has 6 nitrogen and oxygen atoms in total. The van der Waals surface area contributed by atoms with E-state index >= 15 is 0 Å². The summed E-state index contributed by atoms with van der Waals surface area (Å²) >= 11 is 0. The standard InChI is InChI=1S/C29H29N3O3/c33-27-21-25(24-13-7-8-14-26(24)35-27)30-15-16-31-17-19-32(20-18-31)29(34)28(22-9-3-1-4-10-22)23-11-5-2-6-12-23/h1-14,21,28,30H,15-20H2. The number of hydrogen-bond donors (Lipinski definition) is 1. The highest BCUT2D eigenvalue weighted by atomic mass is 16.4. The Kier molecular flexibility index (Phi) is 6.91. The fourth-order valence-electron chi connectivity index (χ4n) is 4.75. The minimum atomic E-state index is -0.357. The second kappa shape index (κ2) is 10.6. The summed E-state index contributed by atoms with van der Waals surface area (Å²) in [6.07, 6.45) is 0. The molecule has 0 bridgehead atoms. The molecule has 4 aromatic rings. The maximum atomic E-state index is 13.6. The van der Waals surface area contributed by atoms with Crippen LogP contribution in [-0.4, -0.2) is 55.0 Å². The van der Waals surface area contributed by atoms with Crippen molar-refractivity contribution in [1.29, 1.82) is 0 Å². The van der Waals surface area contributed by atoms with Crippen LogP contribution in [0.25, 0.3) is 11.0 Å². The monoisotopic (exact) mass is 467 g/mol. The molecule has 35 heavy (non-hydrogen) atoms. The zero-order valence-corrected chi connectivity index (χ0v) is 19.6. The van der Waals surface area contributed by atoms with E-state index < -0.39 is 0 Å². The number of piperazine rings is 1. The van der Waals surface area contributed by atoms with Crippen molar-refractivity contribution in [2.24, 2.45) is 0 Å². The van der Waals surface area contributed by atoms with E-state index in [1.807, 2.05) is 83.8 Å². The van der Waals surface area contributed by atoms with Gasteiger partial charge in [-0.15, -0.1) is 0 Å². The van der Waals surface area contributed by atoms with E-state index in [9.17, 15) is 9.59 Å². The molecule has 1 aromatic heterocycles. The highest BCUT2D eigenvalue weighted by molar-refractivity contribution is 5.89. The molecule has 1 amide bonds. The third-order valence-electron chi connectivity index (χ3n) is 6.59. The number of para-hydroxylation sites is 1. The molecule has 5 rings (SSSR count). The van der Waals surface area contributed by atoms with E-state index in [1.54, 1.807) is 6.07 Å². The van der Waals surface area contributed by atoms with Crippen LogP contribution in [0.4, 0.5) is 5.69 Å². The highest BCUT2D eigenvalue weighted by Gasteiger charge is 2.29. The maximum absolute atomic E-state index is 13.6. The molecule has 0 unspecified atom stereocenters. The lowest BCUT2D eigenvalue weighted by atomic mass is 9.90. The normalized spacial score (nSPS) is 14.4. The van der Waals surface area contributed by atoms with Crippen molar-refractivity contribution in [1.82, 2.24) is 9.80 Å². The number of nitrogens with zero attached hydrogens (tertiary/aromatic N) is 2. The van der Waals surface area contributed by atoms with Gasteiger partial charge in [-0.05, 0) is 23.3 Å². The molecule has 0 radical (unpaired) electrons. The minimum absolute atomic E-state index is 0.155. The molecular formula is C29H29N3O3. The summed E-state index contributed by atoms with van der Waals surface area (Å²) in [4.78, 5) is 29.8. The Balaban J connectivity index is 1.19. The molecule has 1 N–H and O–H groups in total. The van der Waals surface area contributed by atoms with Gasteiger partial charge in [0, 0.05) is 50.7 Å². The SMILES string of the molecule is O=C(C(c1ccccc1)c1ccccc1)N1CCN(CCNc2cc(=O)oc3ccccc23)CC1. The van der Waals surface area contributed by atoms with Gasteiger partial charge in [0.15, 0.2) is 0 Å². The quantitative estimate of drug-likeness (QED) is 0.413. The van der Waals surface area contributed by atoms with E-state index in [1.165, 1.54) is 6.07 Å². The number of nitrogens with one attached hydrogen (secondary N) is 1. The van der Waals surface area contributed by atoms with Crippen molar-refractivity contribution >= 4 is 22.6 Å². The first kappa shape index (κ1) is 22.9. The smallest absolute Gasteiger partial charge is 0.338 e. The lowest BCUT2D eigenvalue weighted by molar-refractivity contribution is -0.133. The summed E-state index contributed by atoms with van der Waals surface area (Å²) in [7, 11) is 0.